The van der Waals surface area contributed by atoms with Crippen molar-refractivity contribution in [1.29, 1.82) is 0 Å². The third kappa shape index (κ3) is 1.47. The first-order valence-electron chi connectivity index (χ1n) is 3.61. The monoisotopic (exact) mass is 177 g/mol. The quantitative estimate of drug-likeness (QED) is 0.636. The van der Waals surface area contributed by atoms with Gasteiger partial charge in [0, 0.05) is 5.56 Å². The molecule has 1 heterocycles. The first-order valence-corrected chi connectivity index (χ1v) is 3.61. The molecule has 0 aliphatic rings. The Bertz CT molecular complexity index is 386. The molecule has 6 heteroatoms. The van der Waals surface area contributed by atoms with Crippen molar-refractivity contribution in [1.82, 2.24) is 20.6 Å². The zero-order valence-electron chi connectivity index (χ0n) is 6.64. The van der Waals surface area contributed by atoms with Gasteiger partial charge in [-0.3, -0.25) is 0 Å². The first-order chi connectivity index (χ1) is 6.40. The lowest BCUT2D eigenvalue weighted by molar-refractivity contribution is 0.334. The predicted molar refractivity (Wildman–Crippen MR) is 44.4 cm³/mol. The topological polar surface area (TPSA) is 89.7 Å². The minimum atomic E-state index is 0.513. The van der Waals surface area contributed by atoms with Gasteiger partial charge in [0.2, 0.25) is 5.82 Å². The van der Waals surface area contributed by atoms with Gasteiger partial charge >= 0.3 is 0 Å². The fourth-order valence-corrected chi connectivity index (χ4v) is 0.993. The van der Waals surface area contributed by atoms with Crippen molar-refractivity contribution >= 4 is 0 Å². The molecule has 0 aliphatic heterocycles. The number of tetrazole rings is 1. The van der Waals surface area contributed by atoms with E-state index in [1.54, 1.807) is 18.2 Å². The lowest BCUT2D eigenvalue weighted by Crippen LogP contribution is -2.01. The second-order valence-corrected chi connectivity index (χ2v) is 2.38. The molecular formula is C7H7N5O. The molecule has 13 heavy (non-hydrogen) atoms. The van der Waals surface area contributed by atoms with Gasteiger partial charge in [0.1, 0.15) is 5.75 Å². The van der Waals surface area contributed by atoms with E-state index in [0.717, 1.165) is 5.56 Å². The third-order valence-electron chi connectivity index (χ3n) is 1.57. The van der Waals surface area contributed by atoms with E-state index >= 15 is 0 Å². The number of rotatable bonds is 2. The highest BCUT2D eigenvalue weighted by molar-refractivity contribution is 5.56. The van der Waals surface area contributed by atoms with E-state index in [-0.39, 0.29) is 0 Å². The van der Waals surface area contributed by atoms with Gasteiger partial charge in [-0.15, -0.1) is 10.2 Å². The molecule has 2 rings (SSSR count). The molecular weight excluding hydrogens is 170 g/mol. The summed E-state index contributed by atoms with van der Waals surface area (Å²) >= 11 is 0. The van der Waals surface area contributed by atoms with Crippen molar-refractivity contribution in [3.8, 4) is 17.1 Å². The number of aromatic amines is 1. The van der Waals surface area contributed by atoms with E-state index in [1.165, 1.54) is 0 Å². The van der Waals surface area contributed by atoms with Gasteiger partial charge in [-0.1, -0.05) is 12.1 Å². The molecule has 0 aliphatic carbocycles. The van der Waals surface area contributed by atoms with Crippen LogP contribution in [0.5, 0.6) is 5.75 Å². The summed E-state index contributed by atoms with van der Waals surface area (Å²) in [5, 5.41) is 13.4. The van der Waals surface area contributed by atoms with Gasteiger partial charge in [-0.05, 0) is 17.3 Å². The molecule has 6 nitrogen and oxygen atoms in total. The Labute approximate surface area is 73.7 Å². The third-order valence-corrected chi connectivity index (χ3v) is 1.57. The van der Waals surface area contributed by atoms with Gasteiger partial charge in [0.05, 0.1) is 0 Å². The van der Waals surface area contributed by atoms with Crippen LogP contribution < -0.4 is 10.7 Å². The van der Waals surface area contributed by atoms with Crippen LogP contribution in [0, 0.1) is 0 Å². The van der Waals surface area contributed by atoms with Crippen molar-refractivity contribution in [3.63, 3.8) is 0 Å². The Kier molecular flexibility index (Phi) is 1.89. The average molecular weight is 177 g/mol. The fourth-order valence-electron chi connectivity index (χ4n) is 0.993. The summed E-state index contributed by atoms with van der Waals surface area (Å²) in [7, 11) is 0. The van der Waals surface area contributed by atoms with Crippen LogP contribution in [0.4, 0.5) is 0 Å². The van der Waals surface area contributed by atoms with Crippen molar-refractivity contribution in [3.05, 3.63) is 24.3 Å². The number of aromatic nitrogens is 4. The summed E-state index contributed by atoms with van der Waals surface area (Å²) in [6, 6.07) is 7.11. The summed E-state index contributed by atoms with van der Waals surface area (Å²) < 4.78 is 0. The summed E-state index contributed by atoms with van der Waals surface area (Å²) in [5.74, 6) is 6.08. The smallest absolute Gasteiger partial charge is 0.204 e. The van der Waals surface area contributed by atoms with Gasteiger partial charge in [0.25, 0.3) is 0 Å². The second kappa shape index (κ2) is 3.20. The molecule has 0 saturated carbocycles. The lowest BCUT2D eigenvalue weighted by atomic mass is 10.2. The molecule has 0 atom stereocenters. The highest BCUT2D eigenvalue weighted by atomic mass is 16.6. The predicted octanol–water partition coefficient (Wildman–Crippen LogP) is 0.119. The maximum atomic E-state index is 5.01. The maximum absolute atomic E-state index is 5.01. The van der Waals surface area contributed by atoms with Crippen LogP contribution >= 0.6 is 0 Å². The van der Waals surface area contributed by atoms with E-state index < -0.39 is 0 Å². The van der Waals surface area contributed by atoms with Crippen LogP contribution in [-0.4, -0.2) is 20.6 Å². The Hall–Kier alpha value is -1.95. The van der Waals surface area contributed by atoms with Crippen LogP contribution in [0.25, 0.3) is 11.4 Å². The van der Waals surface area contributed by atoms with Gasteiger partial charge < -0.3 is 4.84 Å². The fraction of sp³-hybridized carbons (Fsp3) is 0. The minimum Gasteiger partial charge on any atom is -0.412 e. The van der Waals surface area contributed by atoms with Crippen molar-refractivity contribution < 1.29 is 4.84 Å². The Balaban J connectivity index is 2.41. The number of nitrogens with one attached hydrogen (secondary N) is 1. The van der Waals surface area contributed by atoms with E-state index in [4.69, 9.17) is 5.90 Å². The zero-order chi connectivity index (χ0) is 9.10. The summed E-state index contributed by atoms with van der Waals surface area (Å²) in [6.07, 6.45) is 0. The minimum absolute atomic E-state index is 0.513. The van der Waals surface area contributed by atoms with Gasteiger partial charge in [-0.2, -0.15) is 11.1 Å². The summed E-state index contributed by atoms with van der Waals surface area (Å²) in [5.41, 5.74) is 0.803. The average Bonchev–Trinajstić information content (AvgIpc) is 2.71. The molecule has 66 valence electrons. The zero-order valence-corrected chi connectivity index (χ0v) is 6.64. The highest BCUT2D eigenvalue weighted by Crippen LogP contribution is 2.18. The SMILES string of the molecule is NOc1cccc(-c2nn[nH]n2)c1. The Morgan fingerprint density at radius 3 is 3.00 bits per heavy atom. The standard InChI is InChI=1S/C7H7N5O/c8-13-6-3-1-2-5(4-6)7-9-11-12-10-7/h1-4H,8H2,(H,9,10,11,12). The number of H-pyrrole nitrogens is 1. The van der Waals surface area contributed by atoms with Crippen LogP contribution in [0.3, 0.4) is 0 Å². The van der Waals surface area contributed by atoms with E-state index in [1.807, 2.05) is 6.07 Å². The normalized spacial score (nSPS) is 9.92. The van der Waals surface area contributed by atoms with Crippen LogP contribution in [-0.2, 0) is 0 Å². The molecule has 1 aromatic heterocycles. The number of benzene rings is 1. The Morgan fingerprint density at radius 1 is 1.38 bits per heavy atom. The highest BCUT2D eigenvalue weighted by Gasteiger charge is 2.02. The molecule has 0 unspecified atom stereocenters. The van der Waals surface area contributed by atoms with Crippen molar-refractivity contribution in [2.24, 2.45) is 5.90 Å². The Morgan fingerprint density at radius 2 is 2.31 bits per heavy atom. The number of nitrogens with zero attached hydrogens (tertiary/aromatic N) is 3. The van der Waals surface area contributed by atoms with E-state index in [0.29, 0.717) is 11.6 Å². The molecule has 0 bridgehead atoms. The largest absolute Gasteiger partial charge is 0.412 e. The first kappa shape index (κ1) is 7.69. The van der Waals surface area contributed by atoms with Crippen molar-refractivity contribution in [2.45, 2.75) is 0 Å². The lowest BCUT2D eigenvalue weighted by Gasteiger charge is -1.98. The summed E-state index contributed by atoms with van der Waals surface area (Å²) in [4.78, 5) is 4.57. The summed E-state index contributed by atoms with van der Waals surface area (Å²) in [6.45, 7) is 0. The molecule has 2 aromatic rings. The molecule has 1 aromatic carbocycles. The number of nitrogens with two attached hydrogens (primary N) is 1. The number of hydrogen-bond donors (Lipinski definition) is 2. The van der Waals surface area contributed by atoms with Crippen LogP contribution in [0.2, 0.25) is 0 Å². The molecule has 0 saturated heterocycles. The molecule has 0 amide bonds. The van der Waals surface area contributed by atoms with Gasteiger partial charge in [-0.25, -0.2) is 0 Å². The van der Waals surface area contributed by atoms with E-state index in [9.17, 15) is 0 Å². The second-order valence-electron chi connectivity index (χ2n) is 2.38. The molecule has 0 fully saturated rings. The number of hydrogen-bond acceptors (Lipinski definition) is 5. The molecule has 0 spiro atoms. The van der Waals surface area contributed by atoms with Gasteiger partial charge in [0.15, 0.2) is 0 Å². The van der Waals surface area contributed by atoms with Crippen molar-refractivity contribution in [2.75, 3.05) is 0 Å². The maximum Gasteiger partial charge on any atom is 0.204 e. The van der Waals surface area contributed by atoms with E-state index in [2.05, 4.69) is 25.5 Å². The van der Waals surface area contributed by atoms with Crippen LogP contribution in [0.15, 0.2) is 24.3 Å². The molecule has 3 N–H and O–H groups in total. The van der Waals surface area contributed by atoms with Crippen LogP contribution in [0.1, 0.15) is 0 Å². The molecule has 0 radical (unpaired) electrons.